The monoisotopic (exact) mass is 300 g/mol. The van der Waals surface area contributed by atoms with E-state index in [0.717, 1.165) is 12.8 Å². The molecule has 0 aromatic heterocycles. The largest absolute Gasteiger partial charge is 0.497 e. The van der Waals surface area contributed by atoms with Crippen LogP contribution in [0, 0.1) is 5.92 Å². The highest BCUT2D eigenvalue weighted by Crippen LogP contribution is 2.32. The van der Waals surface area contributed by atoms with Gasteiger partial charge in [-0.05, 0) is 25.0 Å². The minimum absolute atomic E-state index is 0.106. The molecule has 0 aliphatic heterocycles. The third-order valence-corrected chi connectivity index (χ3v) is 3.57. The molecule has 0 saturated heterocycles. The SMILES string of the molecule is COc1ccc(OC(F)F)c(NC(=O)C2CCCC2N)c1. The fourth-order valence-corrected chi connectivity index (χ4v) is 2.47. The predicted octanol–water partition coefficient (Wildman–Crippen LogP) is 2.36. The van der Waals surface area contributed by atoms with Crippen LogP contribution in [0.4, 0.5) is 14.5 Å². The van der Waals surface area contributed by atoms with Gasteiger partial charge in [0.25, 0.3) is 0 Å². The van der Waals surface area contributed by atoms with Crippen LogP contribution in [-0.4, -0.2) is 25.7 Å². The van der Waals surface area contributed by atoms with Crippen molar-refractivity contribution in [3.63, 3.8) is 0 Å². The molecule has 2 rings (SSSR count). The van der Waals surface area contributed by atoms with Gasteiger partial charge in [0.1, 0.15) is 11.5 Å². The van der Waals surface area contributed by atoms with E-state index < -0.39 is 6.61 Å². The lowest BCUT2D eigenvalue weighted by atomic mass is 10.0. The second kappa shape index (κ2) is 6.71. The molecule has 2 unspecified atom stereocenters. The maximum absolute atomic E-state index is 12.4. The second-order valence-electron chi connectivity index (χ2n) is 4.93. The molecule has 3 N–H and O–H groups in total. The lowest BCUT2D eigenvalue weighted by Gasteiger charge is -2.17. The van der Waals surface area contributed by atoms with E-state index in [9.17, 15) is 13.6 Å². The Morgan fingerprint density at radius 3 is 2.76 bits per heavy atom. The van der Waals surface area contributed by atoms with Crippen molar-refractivity contribution in [1.29, 1.82) is 0 Å². The maximum atomic E-state index is 12.4. The number of carbonyl (C=O) groups is 1. The Morgan fingerprint density at radius 1 is 1.43 bits per heavy atom. The van der Waals surface area contributed by atoms with Crippen LogP contribution < -0.4 is 20.5 Å². The highest BCUT2D eigenvalue weighted by atomic mass is 19.3. The normalized spacial score (nSPS) is 21.4. The van der Waals surface area contributed by atoms with E-state index in [4.69, 9.17) is 10.5 Å². The number of rotatable bonds is 5. The van der Waals surface area contributed by atoms with Crippen molar-refractivity contribution in [2.45, 2.75) is 31.9 Å². The van der Waals surface area contributed by atoms with Crippen LogP contribution in [0.2, 0.25) is 0 Å². The van der Waals surface area contributed by atoms with Gasteiger partial charge in [0.15, 0.2) is 0 Å². The first-order valence-corrected chi connectivity index (χ1v) is 6.70. The number of nitrogens with one attached hydrogen (secondary N) is 1. The summed E-state index contributed by atoms with van der Waals surface area (Å²) in [5.41, 5.74) is 6.02. The van der Waals surface area contributed by atoms with Gasteiger partial charge in [-0.25, -0.2) is 0 Å². The van der Waals surface area contributed by atoms with E-state index in [2.05, 4.69) is 10.1 Å². The summed E-state index contributed by atoms with van der Waals surface area (Å²) >= 11 is 0. The molecular weight excluding hydrogens is 282 g/mol. The molecule has 1 aliphatic rings. The van der Waals surface area contributed by atoms with Crippen LogP contribution in [0.15, 0.2) is 18.2 Å². The van der Waals surface area contributed by atoms with Gasteiger partial charge < -0.3 is 20.5 Å². The van der Waals surface area contributed by atoms with Gasteiger partial charge in [-0.3, -0.25) is 4.79 Å². The summed E-state index contributed by atoms with van der Waals surface area (Å²) in [5.74, 6) is -0.267. The van der Waals surface area contributed by atoms with Crippen LogP contribution in [-0.2, 0) is 4.79 Å². The Hall–Kier alpha value is -1.89. The number of ether oxygens (including phenoxy) is 2. The van der Waals surface area contributed by atoms with E-state index in [1.165, 1.54) is 25.3 Å². The summed E-state index contributed by atoms with van der Waals surface area (Å²) in [6, 6.07) is 4.05. The van der Waals surface area contributed by atoms with Crippen LogP contribution in [0.3, 0.4) is 0 Å². The van der Waals surface area contributed by atoms with Crippen molar-refractivity contribution in [1.82, 2.24) is 0 Å². The number of halogens is 2. The molecule has 1 aromatic carbocycles. The molecular formula is C14H18F2N2O3. The minimum atomic E-state index is -2.97. The third kappa shape index (κ3) is 3.81. The van der Waals surface area contributed by atoms with E-state index in [1.54, 1.807) is 0 Å². The predicted molar refractivity (Wildman–Crippen MR) is 73.6 cm³/mol. The number of carbonyl (C=O) groups excluding carboxylic acids is 1. The number of nitrogens with two attached hydrogens (primary N) is 1. The lowest BCUT2D eigenvalue weighted by Crippen LogP contribution is -2.34. The molecule has 2 atom stereocenters. The fourth-order valence-electron chi connectivity index (χ4n) is 2.47. The number of alkyl halides is 2. The Bertz CT molecular complexity index is 511. The summed E-state index contributed by atoms with van der Waals surface area (Å²) in [6.45, 7) is -2.97. The molecule has 5 nitrogen and oxygen atoms in total. The molecule has 0 spiro atoms. The smallest absolute Gasteiger partial charge is 0.387 e. The molecule has 1 saturated carbocycles. The number of benzene rings is 1. The van der Waals surface area contributed by atoms with Gasteiger partial charge in [0.2, 0.25) is 5.91 Å². The molecule has 7 heteroatoms. The first-order valence-electron chi connectivity index (χ1n) is 6.70. The van der Waals surface area contributed by atoms with Gasteiger partial charge in [-0.2, -0.15) is 8.78 Å². The van der Waals surface area contributed by atoms with Crippen LogP contribution >= 0.6 is 0 Å². The van der Waals surface area contributed by atoms with Crippen molar-refractivity contribution in [3.05, 3.63) is 18.2 Å². The second-order valence-corrected chi connectivity index (χ2v) is 4.93. The van der Waals surface area contributed by atoms with Crippen molar-refractivity contribution < 1.29 is 23.0 Å². The molecule has 0 radical (unpaired) electrons. The summed E-state index contributed by atoms with van der Waals surface area (Å²) in [5, 5.41) is 2.61. The summed E-state index contributed by atoms with van der Waals surface area (Å²) in [6.07, 6.45) is 2.37. The van der Waals surface area contributed by atoms with Gasteiger partial charge in [-0.1, -0.05) is 6.42 Å². The van der Waals surface area contributed by atoms with E-state index in [0.29, 0.717) is 12.2 Å². The Kier molecular flexibility index (Phi) is 4.95. The first-order chi connectivity index (χ1) is 10.0. The zero-order valence-corrected chi connectivity index (χ0v) is 11.6. The van der Waals surface area contributed by atoms with Crippen molar-refractivity contribution in [2.75, 3.05) is 12.4 Å². The highest BCUT2D eigenvalue weighted by molar-refractivity contribution is 5.94. The molecule has 1 aliphatic carbocycles. The zero-order chi connectivity index (χ0) is 15.4. The van der Waals surface area contributed by atoms with Crippen molar-refractivity contribution >= 4 is 11.6 Å². The van der Waals surface area contributed by atoms with E-state index in [-0.39, 0.29) is 29.3 Å². The van der Waals surface area contributed by atoms with Gasteiger partial charge in [0, 0.05) is 12.1 Å². The molecule has 116 valence electrons. The van der Waals surface area contributed by atoms with Crippen molar-refractivity contribution in [3.8, 4) is 11.5 Å². The van der Waals surface area contributed by atoms with Gasteiger partial charge >= 0.3 is 6.61 Å². The number of methoxy groups -OCH3 is 1. The summed E-state index contributed by atoms with van der Waals surface area (Å²) < 4.78 is 34.2. The Balaban J connectivity index is 2.18. The molecule has 1 amide bonds. The molecule has 0 heterocycles. The van der Waals surface area contributed by atoms with Crippen LogP contribution in [0.25, 0.3) is 0 Å². The molecule has 1 aromatic rings. The van der Waals surface area contributed by atoms with Crippen molar-refractivity contribution in [2.24, 2.45) is 11.7 Å². The highest BCUT2D eigenvalue weighted by Gasteiger charge is 2.30. The fraction of sp³-hybridized carbons (Fsp3) is 0.500. The Morgan fingerprint density at radius 2 is 2.19 bits per heavy atom. The molecule has 0 bridgehead atoms. The lowest BCUT2D eigenvalue weighted by molar-refractivity contribution is -0.120. The standard InChI is InChI=1S/C14H18F2N2O3/c1-20-8-5-6-12(21-14(15)16)11(7-8)18-13(19)9-3-2-4-10(9)17/h5-7,9-10,14H,2-4,17H2,1H3,(H,18,19). The third-order valence-electron chi connectivity index (χ3n) is 3.57. The number of hydrogen-bond acceptors (Lipinski definition) is 4. The number of amides is 1. The topological polar surface area (TPSA) is 73.6 Å². The zero-order valence-electron chi connectivity index (χ0n) is 11.6. The quantitative estimate of drug-likeness (QED) is 0.875. The van der Waals surface area contributed by atoms with E-state index in [1.807, 2.05) is 0 Å². The number of hydrogen-bond donors (Lipinski definition) is 2. The Labute approximate surface area is 121 Å². The average Bonchev–Trinajstić information content (AvgIpc) is 2.86. The number of anilines is 1. The molecule has 1 fully saturated rings. The minimum Gasteiger partial charge on any atom is -0.497 e. The average molecular weight is 300 g/mol. The van der Waals surface area contributed by atoms with E-state index >= 15 is 0 Å². The maximum Gasteiger partial charge on any atom is 0.387 e. The summed E-state index contributed by atoms with van der Waals surface area (Å²) in [7, 11) is 1.45. The molecule has 21 heavy (non-hydrogen) atoms. The van der Waals surface area contributed by atoms with Crippen LogP contribution in [0.1, 0.15) is 19.3 Å². The first kappa shape index (κ1) is 15.5. The summed E-state index contributed by atoms with van der Waals surface area (Å²) in [4.78, 5) is 12.2. The van der Waals surface area contributed by atoms with Gasteiger partial charge in [-0.15, -0.1) is 0 Å². The van der Waals surface area contributed by atoms with Gasteiger partial charge in [0.05, 0.1) is 18.7 Å². The van der Waals surface area contributed by atoms with Crippen LogP contribution in [0.5, 0.6) is 11.5 Å².